The fourth-order valence-electron chi connectivity index (χ4n) is 2.82. The van der Waals surface area contributed by atoms with Gasteiger partial charge in [-0.15, -0.1) is 0 Å². The molecule has 0 spiro atoms. The summed E-state index contributed by atoms with van der Waals surface area (Å²) in [6.45, 7) is 8.16. The number of nitrogens with one attached hydrogen (secondary N) is 1. The number of hydrogen-bond acceptors (Lipinski definition) is 1. The van der Waals surface area contributed by atoms with Crippen molar-refractivity contribution in [3.8, 4) is 0 Å². The molecule has 0 saturated heterocycles. The summed E-state index contributed by atoms with van der Waals surface area (Å²) in [4.78, 5) is 0. The van der Waals surface area contributed by atoms with E-state index >= 15 is 0 Å². The zero-order valence-corrected chi connectivity index (χ0v) is 12.8. The minimum absolute atomic E-state index is 0.327. The SMILES string of the molecule is CCC(CCC(C)C)(CNC1CC1)c1ccccc1. The predicted octanol–water partition coefficient (Wildman–Crippen LogP) is 4.52. The van der Waals surface area contributed by atoms with Crippen LogP contribution in [-0.4, -0.2) is 12.6 Å². The lowest BCUT2D eigenvalue weighted by Crippen LogP contribution is -2.39. The highest BCUT2D eigenvalue weighted by molar-refractivity contribution is 5.26. The molecule has 1 nitrogen and oxygen atoms in total. The second-order valence-electron chi connectivity index (χ2n) is 6.59. The summed E-state index contributed by atoms with van der Waals surface area (Å²) in [5.74, 6) is 0.788. The third-order valence-corrected chi connectivity index (χ3v) is 4.57. The van der Waals surface area contributed by atoms with E-state index in [1.54, 1.807) is 0 Å². The molecule has 0 aliphatic heterocycles. The van der Waals surface area contributed by atoms with Gasteiger partial charge in [0.2, 0.25) is 0 Å². The van der Waals surface area contributed by atoms with Crippen molar-refractivity contribution in [3.63, 3.8) is 0 Å². The van der Waals surface area contributed by atoms with E-state index < -0.39 is 0 Å². The minimum Gasteiger partial charge on any atom is -0.313 e. The van der Waals surface area contributed by atoms with Crippen molar-refractivity contribution in [3.05, 3.63) is 35.9 Å². The van der Waals surface area contributed by atoms with Crippen LogP contribution < -0.4 is 5.32 Å². The van der Waals surface area contributed by atoms with Crippen molar-refractivity contribution in [1.82, 2.24) is 5.32 Å². The molecule has 1 aromatic rings. The quantitative estimate of drug-likeness (QED) is 0.723. The second-order valence-corrected chi connectivity index (χ2v) is 6.59. The average molecular weight is 259 g/mol. The van der Waals surface area contributed by atoms with Gasteiger partial charge in [-0.2, -0.15) is 0 Å². The molecule has 19 heavy (non-hydrogen) atoms. The van der Waals surface area contributed by atoms with Gasteiger partial charge in [-0.1, -0.05) is 57.5 Å². The van der Waals surface area contributed by atoms with Gasteiger partial charge in [0.15, 0.2) is 0 Å². The fourth-order valence-corrected chi connectivity index (χ4v) is 2.82. The normalized spacial score (nSPS) is 18.5. The van der Waals surface area contributed by atoms with Crippen LogP contribution in [-0.2, 0) is 5.41 Å². The summed E-state index contributed by atoms with van der Waals surface area (Å²) in [6.07, 6.45) is 6.58. The highest BCUT2D eigenvalue weighted by atomic mass is 15.0. The van der Waals surface area contributed by atoms with Crippen LogP contribution in [0, 0.1) is 5.92 Å². The molecule has 0 radical (unpaired) electrons. The third-order valence-electron chi connectivity index (χ3n) is 4.57. The molecular formula is C18H29N. The smallest absolute Gasteiger partial charge is 0.00753 e. The van der Waals surface area contributed by atoms with Crippen LogP contribution in [0.25, 0.3) is 0 Å². The first kappa shape index (κ1) is 14.6. The summed E-state index contributed by atoms with van der Waals surface area (Å²) >= 11 is 0. The standard InChI is InChI=1S/C18H29N/c1-4-18(13-12-15(2)3,14-19-17-10-11-17)16-8-6-5-7-9-16/h5-9,15,17,19H,4,10-14H2,1-3H3. The number of benzene rings is 1. The number of rotatable bonds is 8. The molecule has 1 aliphatic rings. The van der Waals surface area contributed by atoms with Gasteiger partial charge in [0.05, 0.1) is 0 Å². The highest BCUT2D eigenvalue weighted by Gasteiger charge is 2.32. The fraction of sp³-hybridized carbons (Fsp3) is 0.667. The molecule has 0 bridgehead atoms. The van der Waals surface area contributed by atoms with Crippen LogP contribution in [0.1, 0.15) is 58.4 Å². The van der Waals surface area contributed by atoms with Gasteiger partial charge >= 0.3 is 0 Å². The Morgan fingerprint density at radius 2 is 1.89 bits per heavy atom. The molecule has 1 aliphatic carbocycles. The Hall–Kier alpha value is -0.820. The molecule has 0 heterocycles. The van der Waals surface area contributed by atoms with Crippen molar-refractivity contribution in [1.29, 1.82) is 0 Å². The maximum atomic E-state index is 3.77. The van der Waals surface area contributed by atoms with Gasteiger partial charge in [0.25, 0.3) is 0 Å². The van der Waals surface area contributed by atoms with Crippen LogP contribution in [0.2, 0.25) is 0 Å². The van der Waals surface area contributed by atoms with Crippen molar-refractivity contribution in [2.75, 3.05) is 6.54 Å². The Morgan fingerprint density at radius 1 is 1.21 bits per heavy atom. The monoisotopic (exact) mass is 259 g/mol. The first-order valence-electron chi connectivity index (χ1n) is 7.95. The molecule has 1 aromatic carbocycles. The van der Waals surface area contributed by atoms with Crippen LogP contribution in [0.4, 0.5) is 0 Å². The van der Waals surface area contributed by atoms with E-state index in [-0.39, 0.29) is 0 Å². The summed E-state index contributed by atoms with van der Waals surface area (Å²) in [5, 5.41) is 3.77. The predicted molar refractivity (Wildman–Crippen MR) is 83.5 cm³/mol. The Balaban J connectivity index is 2.12. The molecule has 1 unspecified atom stereocenters. The first-order valence-corrected chi connectivity index (χ1v) is 7.95. The average Bonchev–Trinajstić information content (AvgIpc) is 3.25. The Morgan fingerprint density at radius 3 is 2.42 bits per heavy atom. The topological polar surface area (TPSA) is 12.0 Å². The Kier molecular flexibility index (Phi) is 5.04. The van der Waals surface area contributed by atoms with E-state index in [4.69, 9.17) is 0 Å². The van der Waals surface area contributed by atoms with Crippen LogP contribution in [0.5, 0.6) is 0 Å². The summed E-state index contributed by atoms with van der Waals surface area (Å²) in [7, 11) is 0. The second kappa shape index (κ2) is 6.56. The van der Waals surface area contributed by atoms with E-state index in [0.717, 1.165) is 18.5 Å². The van der Waals surface area contributed by atoms with Crippen molar-refractivity contribution < 1.29 is 0 Å². The molecular weight excluding hydrogens is 230 g/mol. The molecule has 1 atom stereocenters. The van der Waals surface area contributed by atoms with E-state index in [9.17, 15) is 0 Å². The Labute approximate surface area is 118 Å². The van der Waals surface area contributed by atoms with E-state index in [0.29, 0.717) is 5.41 Å². The molecule has 0 aromatic heterocycles. The number of hydrogen-bond donors (Lipinski definition) is 1. The van der Waals surface area contributed by atoms with Gasteiger partial charge in [-0.25, -0.2) is 0 Å². The van der Waals surface area contributed by atoms with Crippen molar-refractivity contribution >= 4 is 0 Å². The summed E-state index contributed by atoms with van der Waals surface area (Å²) in [5.41, 5.74) is 1.85. The van der Waals surface area contributed by atoms with E-state index in [2.05, 4.69) is 56.4 Å². The lowest BCUT2D eigenvalue weighted by atomic mass is 9.73. The molecule has 1 N–H and O–H groups in total. The van der Waals surface area contributed by atoms with Crippen molar-refractivity contribution in [2.45, 2.75) is 64.3 Å². The zero-order valence-electron chi connectivity index (χ0n) is 12.8. The molecule has 1 heteroatoms. The van der Waals surface area contributed by atoms with Gasteiger partial charge < -0.3 is 5.32 Å². The third kappa shape index (κ3) is 4.07. The molecule has 2 rings (SSSR count). The molecule has 1 fully saturated rings. The van der Waals surface area contributed by atoms with Crippen LogP contribution >= 0.6 is 0 Å². The lowest BCUT2D eigenvalue weighted by Gasteiger charge is -2.35. The molecule has 1 saturated carbocycles. The van der Waals surface area contributed by atoms with Gasteiger partial charge in [-0.3, -0.25) is 0 Å². The van der Waals surface area contributed by atoms with Crippen LogP contribution in [0.3, 0.4) is 0 Å². The largest absolute Gasteiger partial charge is 0.313 e. The Bertz CT molecular complexity index is 359. The zero-order chi connectivity index (χ0) is 13.7. The molecule has 106 valence electrons. The first-order chi connectivity index (χ1) is 9.16. The maximum absolute atomic E-state index is 3.77. The van der Waals surface area contributed by atoms with Gasteiger partial charge in [0, 0.05) is 18.0 Å². The van der Waals surface area contributed by atoms with Gasteiger partial charge in [-0.05, 0) is 37.2 Å². The van der Waals surface area contributed by atoms with E-state index in [1.807, 2.05) is 0 Å². The van der Waals surface area contributed by atoms with Crippen LogP contribution in [0.15, 0.2) is 30.3 Å². The van der Waals surface area contributed by atoms with E-state index in [1.165, 1.54) is 37.7 Å². The summed E-state index contributed by atoms with van der Waals surface area (Å²) < 4.78 is 0. The van der Waals surface area contributed by atoms with Gasteiger partial charge in [0.1, 0.15) is 0 Å². The maximum Gasteiger partial charge on any atom is 0.00753 e. The lowest BCUT2D eigenvalue weighted by molar-refractivity contribution is 0.324. The summed E-state index contributed by atoms with van der Waals surface area (Å²) in [6, 6.07) is 11.9. The highest BCUT2D eigenvalue weighted by Crippen LogP contribution is 2.34. The minimum atomic E-state index is 0.327. The molecule has 0 amide bonds. The van der Waals surface area contributed by atoms with Crippen molar-refractivity contribution in [2.24, 2.45) is 5.92 Å².